The molecule has 2 N–H and O–H groups in total. The van der Waals surface area contributed by atoms with Crippen molar-refractivity contribution in [2.75, 3.05) is 0 Å². The number of halogens is 1. The molecule has 0 bridgehead atoms. The third-order valence-corrected chi connectivity index (χ3v) is 3.68. The van der Waals surface area contributed by atoms with Crippen molar-refractivity contribution < 1.29 is 0 Å². The summed E-state index contributed by atoms with van der Waals surface area (Å²) in [5.74, 6) is 0. The van der Waals surface area contributed by atoms with Gasteiger partial charge in [0.05, 0.1) is 0 Å². The van der Waals surface area contributed by atoms with Crippen LogP contribution in [0.2, 0.25) is 5.02 Å². The van der Waals surface area contributed by atoms with Gasteiger partial charge in [-0.25, -0.2) is 0 Å². The van der Waals surface area contributed by atoms with Gasteiger partial charge in [-0.2, -0.15) is 0 Å². The van der Waals surface area contributed by atoms with E-state index in [0.29, 0.717) is 0 Å². The normalized spacial score (nSPS) is 12.7. The van der Waals surface area contributed by atoms with E-state index in [4.69, 9.17) is 17.3 Å². The predicted molar refractivity (Wildman–Crippen MR) is 71.1 cm³/mol. The first-order valence-corrected chi connectivity index (χ1v) is 6.46. The zero-order valence-corrected chi connectivity index (χ0v) is 10.7. The lowest BCUT2D eigenvalue weighted by molar-refractivity contribution is 0.725. The fourth-order valence-electron chi connectivity index (χ4n) is 1.65. The lowest BCUT2D eigenvalue weighted by Gasteiger charge is -2.09. The van der Waals surface area contributed by atoms with Crippen molar-refractivity contribution >= 4 is 22.9 Å². The maximum absolute atomic E-state index is 6.15. The quantitative estimate of drug-likeness (QED) is 0.878. The molecule has 0 saturated heterocycles. The summed E-state index contributed by atoms with van der Waals surface area (Å²) >= 11 is 7.58. The molecule has 0 radical (unpaired) electrons. The van der Waals surface area contributed by atoms with Crippen LogP contribution in [0.4, 0.5) is 0 Å². The van der Waals surface area contributed by atoms with Crippen molar-refractivity contribution in [3.8, 4) is 0 Å². The first kappa shape index (κ1) is 11.6. The van der Waals surface area contributed by atoms with Crippen LogP contribution >= 0.6 is 22.9 Å². The summed E-state index contributed by atoms with van der Waals surface area (Å²) in [4.78, 5) is 1.31. The van der Waals surface area contributed by atoms with Crippen LogP contribution in [0.1, 0.15) is 22.0 Å². The summed E-state index contributed by atoms with van der Waals surface area (Å²) in [5.41, 5.74) is 8.59. The summed E-state index contributed by atoms with van der Waals surface area (Å²) in [6, 6.07) is 10.1. The lowest BCUT2D eigenvalue weighted by Crippen LogP contribution is -2.12. The molecule has 2 aromatic rings. The van der Waals surface area contributed by atoms with Crippen LogP contribution in [0.25, 0.3) is 0 Å². The zero-order chi connectivity index (χ0) is 11.5. The van der Waals surface area contributed by atoms with Crippen LogP contribution in [0, 0.1) is 6.92 Å². The van der Waals surface area contributed by atoms with Crippen LogP contribution in [-0.4, -0.2) is 0 Å². The van der Waals surface area contributed by atoms with Crippen LogP contribution in [-0.2, 0) is 6.42 Å². The molecule has 1 atom stereocenters. The van der Waals surface area contributed by atoms with Gasteiger partial charge in [0, 0.05) is 15.9 Å². The van der Waals surface area contributed by atoms with Gasteiger partial charge in [0.15, 0.2) is 0 Å². The molecule has 0 aliphatic heterocycles. The molecule has 1 nitrogen and oxygen atoms in total. The Balaban J connectivity index is 2.07. The Kier molecular flexibility index (Phi) is 3.64. The van der Waals surface area contributed by atoms with E-state index in [9.17, 15) is 0 Å². The first-order chi connectivity index (χ1) is 7.65. The van der Waals surface area contributed by atoms with Crippen molar-refractivity contribution in [3.05, 3.63) is 56.7 Å². The number of thiophene rings is 1. The van der Waals surface area contributed by atoms with Crippen molar-refractivity contribution in [1.29, 1.82) is 0 Å². The minimum atomic E-state index is 0.0751. The Morgan fingerprint density at radius 3 is 2.56 bits per heavy atom. The number of rotatable bonds is 3. The number of hydrogen-bond acceptors (Lipinski definition) is 2. The number of benzene rings is 1. The van der Waals surface area contributed by atoms with Gasteiger partial charge in [-0.3, -0.25) is 0 Å². The standard InChI is InChI=1S/C13H14ClNS/c1-9-6-11(8-16-9)13(15)7-10-2-4-12(14)5-3-10/h2-6,8,13H,7,15H2,1H3. The van der Waals surface area contributed by atoms with Crippen LogP contribution in [0.3, 0.4) is 0 Å². The minimum absolute atomic E-state index is 0.0751. The van der Waals surface area contributed by atoms with E-state index in [1.165, 1.54) is 16.0 Å². The highest BCUT2D eigenvalue weighted by Gasteiger charge is 2.08. The van der Waals surface area contributed by atoms with Gasteiger partial charge >= 0.3 is 0 Å². The topological polar surface area (TPSA) is 26.0 Å². The molecule has 1 unspecified atom stereocenters. The molecular formula is C13H14ClNS. The number of hydrogen-bond donors (Lipinski definition) is 1. The van der Waals surface area contributed by atoms with Crippen LogP contribution in [0.5, 0.6) is 0 Å². The molecule has 1 aromatic heterocycles. The van der Waals surface area contributed by atoms with E-state index in [2.05, 4.69) is 18.4 Å². The van der Waals surface area contributed by atoms with Crippen molar-refractivity contribution in [2.45, 2.75) is 19.4 Å². The molecule has 0 amide bonds. The SMILES string of the molecule is Cc1cc(C(N)Cc2ccc(Cl)cc2)cs1. The molecule has 3 heteroatoms. The van der Waals surface area contributed by atoms with Gasteiger partial charge < -0.3 is 5.73 Å². The Labute approximate surface area is 105 Å². The van der Waals surface area contributed by atoms with E-state index in [1.807, 2.05) is 24.3 Å². The molecule has 2 rings (SSSR count). The molecule has 0 saturated carbocycles. The Hall–Kier alpha value is -0.830. The Bertz CT molecular complexity index is 461. The summed E-state index contributed by atoms with van der Waals surface area (Å²) < 4.78 is 0. The highest BCUT2D eigenvalue weighted by Crippen LogP contribution is 2.22. The van der Waals surface area contributed by atoms with E-state index in [0.717, 1.165) is 11.4 Å². The Morgan fingerprint density at radius 2 is 2.00 bits per heavy atom. The highest BCUT2D eigenvalue weighted by atomic mass is 35.5. The molecule has 1 aromatic carbocycles. The van der Waals surface area contributed by atoms with Crippen LogP contribution < -0.4 is 5.73 Å². The van der Waals surface area contributed by atoms with Crippen molar-refractivity contribution in [1.82, 2.24) is 0 Å². The Morgan fingerprint density at radius 1 is 1.31 bits per heavy atom. The molecule has 84 valence electrons. The van der Waals surface area contributed by atoms with Gasteiger partial charge in [0.25, 0.3) is 0 Å². The molecule has 0 fully saturated rings. The monoisotopic (exact) mass is 251 g/mol. The van der Waals surface area contributed by atoms with Gasteiger partial charge in [0.1, 0.15) is 0 Å². The summed E-state index contributed by atoms with van der Waals surface area (Å²) in [5, 5.41) is 2.90. The minimum Gasteiger partial charge on any atom is -0.324 e. The predicted octanol–water partition coefficient (Wildman–Crippen LogP) is 3.95. The molecule has 16 heavy (non-hydrogen) atoms. The zero-order valence-electron chi connectivity index (χ0n) is 9.11. The second-order valence-corrected chi connectivity index (χ2v) is 5.48. The van der Waals surface area contributed by atoms with E-state index >= 15 is 0 Å². The number of aryl methyl sites for hydroxylation is 1. The van der Waals surface area contributed by atoms with Gasteiger partial charge in [-0.05, 0) is 48.1 Å². The van der Waals surface area contributed by atoms with Crippen molar-refractivity contribution in [2.24, 2.45) is 5.73 Å². The summed E-state index contributed by atoms with van der Waals surface area (Å²) in [7, 11) is 0. The summed E-state index contributed by atoms with van der Waals surface area (Å²) in [6.07, 6.45) is 0.855. The molecule has 0 aliphatic rings. The van der Waals surface area contributed by atoms with E-state index < -0.39 is 0 Å². The average Bonchev–Trinajstić information content (AvgIpc) is 2.68. The largest absolute Gasteiger partial charge is 0.324 e. The summed E-state index contributed by atoms with van der Waals surface area (Å²) in [6.45, 7) is 2.10. The van der Waals surface area contributed by atoms with E-state index in [1.54, 1.807) is 11.3 Å². The highest BCUT2D eigenvalue weighted by molar-refractivity contribution is 7.10. The maximum atomic E-state index is 6.15. The lowest BCUT2D eigenvalue weighted by atomic mass is 10.0. The van der Waals surface area contributed by atoms with Crippen molar-refractivity contribution in [3.63, 3.8) is 0 Å². The average molecular weight is 252 g/mol. The number of nitrogens with two attached hydrogens (primary N) is 1. The van der Waals surface area contributed by atoms with Crippen LogP contribution in [0.15, 0.2) is 35.7 Å². The second-order valence-electron chi connectivity index (χ2n) is 3.93. The van der Waals surface area contributed by atoms with Gasteiger partial charge in [-0.1, -0.05) is 23.7 Å². The molecule has 0 spiro atoms. The third-order valence-electron chi connectivity index (χ3n) is 2.55. The fourth-order valence-corrected chi connectivity index (χ4v) is 2.55. The smallest absolute Gasteiger partial charge is 0.0406 e. The molecular weight excluding hydrogens is 238 g/mol. The van der Waals surface area contributed by atoms with E-state index in [-0.39, 0.29) is 6.04 Å². The molecule has 1 heterocycles. The second kappa shape index (κ2) is 5.00. The van der Waals surface area contributed by atoms with Gasteiger partial charge in [0.2, 0.25) is 0 Å². The maximum Gasteiger partial charge on any atom is 0.0406 e. The molecule has 0 aliphatic carbocycles. The fraction of sp³-hybridized carbons (Fsp3) is 0.231. The first-order valence-electron chi connectivity index (χ1n) is 5.20. The van der Waals surface area contributed by atoms with Gasteiger partial charge in [-0.15, -0.1) is 11.3 Å². The third kappa shape index (κ3) is 2.85.